The van der Waals surface area contributed by atoms with Crippen LogP contribution in [0.25, 0.3) is 10.9 Å². The van der Waals surface area contributed by atoms with Gasteiger partial charge in [-0.2, -0.15) is 4.98 Å². The Bertz CT molecular complexity index is 1250. The van der Waals surface area contributed by atoms with E-state index in [0.29, 0.717) is 30.5 Å². The molecule has 162 valence electrons. The van der Waals surface area contributed by atoms with Gasteiger partial charge in [-0.05, 0) is 49.9 Å². The van der Waals surface area contributed by atoms with Gasteiger partial charge in [0.05, 0.1) is 16.2 Å². The highest BCUT2D eigenvalue weighted by molar-refractivity contribution is 7.91. The van der Waals surface area contributed by atoms with Gasteiger partial charge in [-0.15, -0.1) is 0 Å². The molecule has 3 N–H and O–H groups in total. The van der Waals surface area contributed by atoms with E-state index >= 15 is 0 Å². The van der Waals surface area contributed by atoms with Crippen molar-refractivity contribution in [3.8, 4) is 0 Å². The first-order chi connectivity index (χ1) is 14.8. The van der Waals surface area contributed by atoms with E-state index in [1.165, 1.54) is 0 Å². The third-order valence-electron chi connectivity index (χ3n) is 6.38. The van der Waals surface area contributed by atoms with E-state index in [0.717, 1.165) is 47.1 Å². The number of rotatable bonds is 4. The number of benzene rings is 2. The lowest BCUT2D eigenvalue weighted by atomic mass is 9.78. The molecule has 31 heavy (non-hydrogen) atoms. The zero-order valence-electron chi connectivity index (χ0n) is 17.6. The van der Waals surface area contributed by atoms with Crippen LogP contribution in [0.3, 0.4) is 0 Å². The highest BCUT2D eigenvalue weighted by Gasteiger charge is 2.32. The normalized spacial score (nSPS) is 19.4. The molecule has 1 fully saturated rings. The summed E-state index contributed by atoms with van der Waals surface area (Å²) >= 11 is 0. The second-order valence-corrected chi connectivity index (χ2v) is 10.9. The standard InChI is InChI=1S/C23H27N5O2S/c1-16-7-8-19-18(13-16)21(25-15-23(24)9-4-10-23)27-22(26-19)28-11-12-31(29,30)20-6-3-2-5-17(20)14-28/h2-3,5-8,13H,4,9-12,14-15,24H2,1H3,(H,25,26,27). The van der Waals surface area contributed by atoms with Crippen LogP contribution in [-0.2, 0) is 16.4 Å². The number of hydrogen-bond acceptors (Lipinski definition) is 7. The van der Waals surface area contributed by atoms with Crippen LogP contribution in [0.1, 0.15) is 30.4 Å². The summed E-state index contributed by atoms with van der Waals surface area (Å²) in [5.41, 5.74) is 8.98. The van der Waals surface area contributed by atoms with Crippen LogP contribution in [0.2, 0.25) is 0 Å². The fourth-order valence-corrected chi connectivity index (χ4v) is 5.81. The van der Waals surface area contributed by atoms with Crippen LogP contribution in [0, 0.1) is 6.92 Å². The van der Waals surface area contributed by atoms with Crippen LogP contribution in [0.15, 0.2) is 47.4 Å². The van der Waals surface area contributed by atoms with Crippen molar-refractivity contribution in [1.29, 1.82) is 0 Å². The van der Waals surface area contributed by atoms with E-state index in [4.69, 9.17) is 15.7 Å². The zero-order valence-corrected chi connectivity index (χ0v) is 18.5. The molecule has 0 atom stereocenters. The van der Waals surface area contributed by atoms with Gasteiger partial charge >= 0.3 is 0 Å². The summed E-state index contributed by atoms with van der Waals surface area (Å²) in [5, 5.41) is 4.42. The Balaban J connectivity index is 1.54. The van der Waals surface area contributed by atoms with Gasteiger partial charge in [0.1, 0.15) is 5.82 Å². The molecular weight excluding hydrogens is 410 g/mol. The molecule has 0 amide bonds. The molecule has 7 nitrogen and oxygen atoms in total. The van der Waals surface area contributed by atoms with Crippen LogP contribution in [0.5, 0.6) is 0 Å². The van der Waals surface area contributed by atoms with E-state index in [9.17, 15) is 8.42 Å². The Morgan fingerprint density at radius 1 is 1.16 bits per heavy atom. The van der Waals surface area contributed by atoms with Crippen LogP contribution >= 0.6 is 0 Å². The summed E-state index contributed by atoms with van der Waals surface area (Å²) in [5.74, 6) is 1.32. The largest absolute Gasteiger partial charge is 0.368 e. The smallest absolute Gasteiger partial charge is 0.228 e. The van der Waals surface area contributed by atoms with Gasteiger partial charge in [0, 0.05) is 30.6 Å². The van der Waals surface area contributed by atoms with Gasteiger partial charge in [-0.25, -0.2) is 13.4 Å². The average molecular weight is 438 g/mol. The predicted molar refractivity (Wildman–Crippen MR) is 123 cm³/mol. The minimum Gasteiger partial charge on any atom is -0.368 e. The van der Waals surface area contributed by atoms with Crippen LogP contribution in [-0.4, -0.2) is 42.8 Å². The number of aryl methyl sites for hydroxylation is 1. The third-order valence-corrected chi connectivity index (χ3v) is 8.17. The summed E-state index contributed by atoms with van der Waals surface area (Å²) in [6.45, 7) is 3.50. The molecular formula is C23H27N5O2S. The molecule has 0 saturated heterocycles. The van der Waals surface area contributed by atoms with E-state index in [2.05, 4.69) is 11.4 Å². The quantitative estimate of drug-likeness (QED) is 0.647. The highest BCUT2D eigenvalue weighted by atomic mass is 32.2. The fourth-order valence-electron chi connectivity index (χ4n) is 4.31. The lowest BCUT2D eigenvalue weighted by Crippen LogP contribution is -2.52. The predicted octanol–water partition coefficient (Wildman–Crippen LogP) is 3.03. The Kier molecular flexibility index (Phi) is 4.86. The first-order valence-corrected chi connectivity index (χ1v) is 12.4. The Labute approximate surface area is 182 Å². The maximum absolute atomic E-state index is 12.7. The van der Waals surface area contributed by atoms with E-state index in [-0.39, 0.29) is 11.3 Å². The van der Waals surface area contributed by atoms with Gasteiger partial charge in [-0.1, -0.05) is 29.8 Å². The molecule has 1 saturated carbocycles. The van der Waals surface area contributed by atoms with Crippen LogP contribution < -0.4 is 16.0 Å². The first-order valence-electron chi connectivity index (χ1n) is 10.7. The Hall–Kier alpha value is -2.71. The van der Waals surface area contributed by atoms with Gasteiger partial charge in [0.25, 0.3) is 0 Å². The summed E-state index contributed by atoms with van der Waals surface area (Å²) in [6, 6.07) is 13.3. The topological polar surface area (TPSA) is 101 Å². The van der Waals surface area contributed by atoms with Crippen molar-refractivity contribution >= 4 is 32.5 Å². The summed E-state index contributed by atoms with van der Waals surface area (Å²) in [6.07, 6.45) is 3.18. The van der Waals surface area contributed by atoms with E-state index in [1.54, 1.807) is 12.1 Å². The molecule has 2 aliphatic rings. The fraction of sp³-hybridized carbons (Fsp3) is 0.391. The molecule has 0 radical (unpaired) electrons. The number of aromatic nitrogens is 2. The number of nitrogens with two attached hydrogens (primary N) is 1. The lowest BCUT2D eigenvalue weighted by Gasteiger charge is -2.38. The SMILES string of the molecule is Cc1ccc2nc(N3CCS(=O)(=O)c4ccccc4C3)nc(NCC3(N)CCC3)c2c1. The number of sulfone groups is 1. The number of fused-ring (bicyclic) bond motifs is 2. The maximum atomic E-state index is 12.7. The van der Waals surface area contributed by atoms with Crippen molar-refractivity contribution in [2.45, 2.75) is 43.2 Å². The van der Waals surface area contributed by atoms with Crippen molar-refractivity contribution in [1.82, 2.24) is 9.97 Å². The number of nitrogens with zero attached hydrogens (tertiary/aromatic N) is 3. The van der Waals surface area contributed by atoms with E-state index < -0.39 is 9.84 Å². The minimum absolute atomic E-state index is 0.0357. The summed E-state index contributed by atoms with van der Waals surface area (Å²) in [4.78, 5) is 12.0. The molecule has 1 aliphatic carbocycles. The molecule has 0 unspecified atom stereocenters. The van der Waals surface area contributed by atoms with E-state index in [1.807, 2.05) is 36.1 Å². The molecule has 1 aliphatic heterocycles. The number of anilines is 2. The monoisotopic (exact) mass is 437 g/mol. The van der Waals surface area contributed by atoms with Gasteiger partial charge < -0.3 is 16.0 Å². The molecule has 2 aromatic carbocycles. The molecule has 2 heterocycles. The second kappa shape index (κ2) is 7.46. The highest BCUT2D eigenvalue weighted by Crippen LogP contribution is 2.32. The lowest BCUT2D eigenvalue weighted by molar-refractivity contribution is 0.265. The van der Waals surface area contributed by atoms with Crippen molar-refractivity contribution < 1.29 is 8.42 Å². The summed E-state index contributed by atoms with van der Waals surface area (Å²) < 4.78 is 25.5. The maximum Gasteiger partial charge on any atom is 0.228 e. The second-order valence-electron chi connectivity index (χ2n) is 8.81. The summed E-state index contributed by atoms with van der Waals surface area (Å²) in [7, 11) is -3.33. The van der Waals surface area contributed by atoms with Crippen molar-refractivity contribution in [3.05, 3.63) is 53.6 Å². The third kappa shape index (κ3) is 3.85. The zero-order chi connectivity index (χ0) is 21.6. The van der Waals surface area contributed by atoms with Crippen molar-refractivity contribution in [2.75, 3.05) is 29.1 Å². The Morgan fingerprint density at radius 3 is 2.74 bits per heavy atom. The molecule has 8 heteroatoms. The van der Waals surface area contributed by atoms with Crippen molar-refractivity contribution in [3.63, 3.8) is 0 Å². The minimum atomic E-state index is -3.33. The van der Waals surface area contributed by atoms with Gasteiger partial charge in [-0.3, -0.25) is 0 Å². The number of nitrogens with one attached hydrogen (secondary N) is 1. The molecule has 3 aromatic rings. The molecule has 0 bridgehead atoms. The van der Waals surface area contributed by atoms with Gasteiger partial charge in [0.2, 0.25) is 5.95 Å². The van der Waals surface area contributed by atoms with Gasteiger partial charge in [0.15, 0.2) is 9.84 Å². The molecule has 1 aromatic heterocycles. The van der Waals surface area contributed by atoms with Crippen molar-refractivity contribution in [2.24, 2.45) is 5.73 Å². The Morgan fingerprint density at radius 2 is 1.97 bits per heavy atom. The average Bonchev–Trinajstić information content (AvgIpc) is 2.87. The van der Waals surface area contributed by atoms with Crippen LogP contribution in [0.4, 0.5) is 11.8 Å². The molecule has 5 rings (SSSR count). The number of hydrogen-bond donors (Lipinski definition) is 2. The molecule has 0 spiro atoms. The first kappa shape index (κ1) is 20.2.